The normalized spacial score (nSPS) is 11.6. The molecule has 0 unspecified atom stereocenters. The van der Waals surface area contributed by atoms with E-state index >= 15 is 0 Å². The number of anilines is 1. The highest BCUT2D eigenvalue weighted by Crippen LogP contribution is 2.39. The molecular formula is C25H33N3O3. The monoisotopic (exact) mass is 423 g/mol. The van der Waals surface area contributed by atoms with Crippen LogP contribution >= 0.6 is 0 Å². The topological polar surface area (TPSA) is 111 Å². The number of phenols is 1. The molecule has 0 saturated heterocycles. The van der Waals surface area contributed by atoms with Crippen LogP contribution in [-0.2, 0) is 17.6 Å². The first-order valence-corrected chi connectivity index (χ1v) is 10.5. The number of benzene rings is 2. The summed E-state index contributed by atoms with van der Waals surface area (Å²) in [5, 5.41) is 13.1. The Labute approximate surface area is 184 Å². The van der Waals surface area contributed by atoms with E-state index in [1.54, 1.807) is 25.3 Å². The highest BCUT2D eigenvalue weighted by Gasteiger charge is 2.19. The summed E-state index contributed by atoms with van der Waals surface area (Å²) in [6.45, 7) is 8.15. The second kappa shape index (κ2) is 11.9. The molecule has 31 heavy (non-hydrogen) atoms. The van der Waals surface area contributed by atoms with E-state index in [4.69, 9.17) is 16.2 Å². The lowest BCUT2D eigenvalue weighted by Gasteiger charge is -2.19. The van der Waals surface area contributed by atoms with E-state index in [1.165, 1.54) is 0 Å². The number of carbonyl (C=O) groups excluding carboxylic acids is 1. The molecular weight excluding hydrogens is 390 g/mol. The van der Waals surface area contributed by atoms with Gasteiger partial charge in [0.1, 0.15) is 11.5 Å². The summed E-state index contributed by atoms with van der Waals surface area (Å²) in [6, 6.07) is 8.62. The molecule has 0 aliphatic heterocycles. The predicted molar refractivity (Wildman–Crippen MR) is 127 cm³/mol. The number of carbonyl (C=O) groups is 1. The van der Waals surface area contributed by atoms with Gasteiger partial charge in [0, 0.05) is 5.56 Å². The summed E-state index contributed by atoms with van der Waals surface area (Å²) in [7, 11) is 1.56. The van der Waals surface area contributed by atoms with Gasteiger partial charge in [-0.15, -0.1) is 13.2 Å². The lowest BCUT2D eigenvalue weighted by molar-refractivity contribution is -0.117. The molecule has 0 bridgehead atoms. The van der Waals surface area contributed by atoms with Gasteiger partial charge >= 0.3 is 0 Å². The molecule has 0 radical (unpaired) electrons. The van der Waals surface area contributed by atoms with Crippen molar-refractivity contribution in [1.82, 2.24) is 0 Å². The molecule has 6 nitrogen and oxygen atoms in total. The Bertz CT molecular complexity index is 924. The summed E-state index contributed by atoms with van der Waals surface area (Å²) in [6.07, 6.45) is 6.89. The molecule has 6 N–H and O–H groups in total. The van der Waals surface area contributed by atoms with Crippen molar-refractivity contribution >= 4 is 11.6 Å². The van der Waals surface area contributed by atoms with Crippen LogP contribution in [0.1, 0.15) is 30.4 Å². The van der Waals surface area contributed by atoms with E-state index < -0.39 is 6.04 Å². The second-order valence-corrected chi connectivity index (χ2v) is 7.43. The van der Waals surface area contributed by atoms with Gasteiger partial charge in [-0.3, -0.25) is 4.79 Å². The smallest absolute Gasteiger partial charge is 0.241 e. The molecule has 0 aromatic heterocycles. The maximum Gasteiger partial charge on any atom is 0.241 e. The Morgan fingerprint density at radius 1 is 1.19 bits per heavy atom. The summed E-state index contributed by atoms with van der Waals surface area (Å²) in [5.74, 6) is 0.475. The van der Waals surface area contributed by atoms with Crippen LogP contribution in [0.3, 0.4) is 0 Å². The van der Waals surface area contributed by atoms with Gasteiger partial charge in [-0.1, -0.05) is 24.6 Å². The molecule has 6 heteroatoms. The first-order valence-electron chi connectivity index (χ1n) is 10.5. The second-order valence-electron chi connectivity index (χ2n) is 7.43. The van der Waals surface area contributed by atoms with Crippen molar-refractivity contribution in [3.05, 3.63) is 66.8 Å². The predicted octanol–water partition coefficient (Wildman–Crippen LogP) is 3.92. The Balaban J connectivity index is 2.47. The first kappa shape index (κ1) is 24.2. The number of nitrogens with one attached hydrogen (secondary N) is 1. The van der Waals surface area contributed by atoms with Crippen molar-refractivity contribution in [2.45, 2.75) is 38.1 Å². The molecule has 2 aromatic carbocycles. The largest absolute Gasteiger partial charge is 0.508 e. The van der Waals surface area contributed by atoms with Gasteiger partial charge in [-0.05, 0) is 73.2 Å². The van der Waals surface area contributed by atoms with Gasteiger partial charge in [0.05, 0.1) is 18.8 Å². The van der Waals surface area contributed by atoms with Crippen LogP contribution in [0.4, 0.5) is 5.69 Å². The van der Waals surface area contributed by atoms with Crippen molar-refractivity contribution < 1.29 is 14.6 Å². The fourth-order valence-corrected chi connectivity index (χ4v) is 3.44. The first-order chi connectivity index (χ1) is 14.9. The Morgan fingerprint density at radius 3 is 2.58 bits per heavy atom. The number of ether oxygens (including phenoxy) is 1. The van der Waals surface area contributed by atoms with Gasteiger partial charge in [0.25, 0.3) is 0 Å². The molecule has 0 saturated carbocycles. The quantitative estimate of drug-likeness (QED) is 0.305. The summed E-state index contributed by atoms with van der Waals surface area (Å²) < 4.78 is 5.69. The molecule has 0 heterocycles. The maximum atomic E-state index is 12.7. The summed E-state index contributed by atoms with van der Waals surface area (Å²) in [4.78, 5) is 12.7. The molecule has 1 atom stereocenters. The number of amides is 1. The minimum atomic E-state index is -0.629. The minimum absolute atomic E-state index is 0.210. The zero-order valence-electron chi connectivity index (χ0n) is 18.2. The Morgan fingerprint density at radius 2 is 1.94 bits per heavy atom. The number of rotatable bonds is 12. The number of hydrogen-bond donors (Lipinski definition) is 4. The molecule has 0 spiro atoms. The third-order valence-corrected chi connectivity index (χ3v) is 5.05. The van der Waals surface area contributed by atoms with Crippen molar-refractivity contribution in [2.24, 2.45) is 11.5 Å². The van der Waals surface area contributed by atoms with Crippen LogP contribution in [-0.4, -0.2) is 30.7 Å². The van der Waals surface area contributed by atoms with Gasteiger partial charge in [-0.25, -0.2) is 0 Å². The number of nitrogens with two attached hydrogens (primary N) is 2. The molecule has 0 fully saturated rings. The van der Waals surface area contributed by atoms with Crippen LogP contribution in [0.15, 0.2) is 55.6 Å². The molecule has 0 aliphatic rings. The number of aromatic hydroxyl groups is 1. The lowest BCUT2D eigenvalue weighted by atomic mass is 9.96. The third-order valence-electron chi connectivity index (χ3n) is 5.05. The number of allylic oxidation sites excluding steroid dienone is 2. The van der Waals surface area contributed by atoms with Crippen molar-refractivity contribution in [3.63, 3.8) is 0 Å². The van der Waals surface area contributed by atoms with Crippen LogP contribution < -0.4 is 21.5 Å². The fraction of sp³-hybridized carbons (Fsp3) is 0.320. The summed E-state index contributed by atoms with van der Waals surface area (Å²) in [5.41, 5.74) is 15.5. The SMILES string of the molecule is C=CCc1cc(NC(=O)[C@@H](N)CCCCN)c(OC)c(-c2ccc(O)c(CC=C)c2)c1. The minimum Gasteiger partial charge on any atom is -0.508 e. The highest BCUT2D eigenvalue weighted by molar-refractivity contribution is 5.97. The van der Waals surface area contributed by atoms with Crippen molar-refractivity contribution in [2.75, 3.05) is 19.0 Å². The molecule has 0 aliphatic carbocycles. The number of methoxy groups -OCH3 is 1. The van der Waals surface area contributed by atoms with E-state index in [0.717, 1.165) is 35.1 Å². The van der Waals surface area contributed by atoms with Gasteiger partial charge in [0.15, 0.2) is 0 Å². The summed E-state index contributed by atoms with van der Waals surface area (Å²) >= 11 is 0. The van der Waals surface area contributed by atoms with E-state index in [2.05, 4.69) is 18.5 Å². The number of unbranched alkanes of at least 4 members (excludes halogenated alkanes) is 1. The average Bonchev–Trinajstić information content (AvgIpc) is 2.75. The zero-order chi connectivity index (χ0) is 22.8. The number of phenolic OH excluding ortho intramolecular Hbond substituents is 1. The van der Waals surface area contributed by atoms with E-state index in [9.17, 15) is 9.90 Å². The van der Waals surface area contributed by atoms with Gasteiger partial charge in [0.2, 0.25) is 5.91 Å². The van der Waals surface area contributed by atoms with Crippen LogP contribution in [0.2, 0.25) is 0 Å². The Kier molecular flexibility index (Phi) is 9.31. The van der Waals surface area contributed by atoms with Gasteiger partial charge in [-0.2, -0.15) is 0 Å². The molecule has 2 rings (SSSR count). The standard InChI is InChI=1S/C25H33N3O3/c1-4-8-17-14-20(18-11-12-23(29)19(16-18)9-5-2)24(31-3)22(15-17)28-25(30)21(27)10-6-7-13-26/h4-5,11-12,14-16,21,29H,1-2,6-10,13,26-27H2,3H3,(H,28,30)/t21-/m0/s1. The third kappa shape index (κ3) is 6.44. The average molecular weight is 424 g/mol. The fourth-order valence-electron chi connectivity index (χ4n) is 3.44. The van der Waals surface area contributed by atoms with E-state index in [0.29, 0.717) is 37.2 Å². The lowest BCUT2D eigenvalue weighted by Crippen LogP contribution is -2.35. The molecule has 1 amide bonds. The molecule has 166 valence electrons. The van der Waals surface area contributed by atoms with Crippen LogP contribution in [0, 0.1) is 0 Å². The maximum absolute atomic E-state index is 12.7. The highest BCUT2D eigenvalue weighted by atomic mass is 16.5. The molecule has 2 aromatic rings. The number of hydrogen-bond acceptors (Lipinski definition) is 5. The van der Waals surface area contributed by atoms with Crippen molar-refractivity contribution in [1.29, 1.82) is 0 Å². The van der Waals surface area contributed by atoms with Crippen molar-refractivity contribution in [3.8, 4) is 22.6 Å². The van der Waals surface area contributed by atoms with Crippen LogP contribution in [0.25, 0.3) is 11.1 Å². The van der Waals surface area contributed by atoms with E-state index in [-0.39, 0.29) is 11.7 Å². The van der Waals surface area contributed by atoms with E-state index in [1.807, 2.05) is 24.3 Å². The zero-order valence-corrected chi connectivity index (χ0v) is 18.2. The van der Waals surface area contributed by atoms with Crippen LogP contribution in [0.5, 0.6) is 11.5 Å². The Hall–Kier alpha value is -3.09. The van der Waals surface area contributed by atoms with Gasteiger partial charge < -0.3 is 26.6 Å².